The minimum Gasteiger partial charge on any atom is -0.365 e. The highest BCUT2D eigenvalue weighted by Crippen LogP contribution is 2.06. The fourth-order valence-electron chi connectivity index (χ4n) is 0.751. The van der Waals surface area contributed by atoms with E-state index in [2.05, 4.69) is 32.8 Å². The van der Waals surface area contributed by atoms with Crippen LogP contribution in [0.3, 0.4) is 0 Å². The van der Waals surface area contributed by atoms with Gasteiger partial charge in [0.05, 0.1) is 5.56 Å². The summed E-state index contributed by atoms with van der Waals surface area (Å²) in [6, 6.07) is 5.47. The molecule has 1 aromatic rings. The zero-order chi connectivity index (χ0) is 9.68. The fourth-order valence-corrected chi connectivity index (χ4v) is 0.891. The lowest BCUT2D eigenvalue weighted by Gasteiger charge is -2.02. The van der Waals surface area contributed by atoms with Crippen molar-refractivity contribution >= 4 is 21.7 Å². The molecule has 1 N–H and O–H groups in total. The second-order valence-corrected chi connectivity index (χ2v) is 3.54. The molecule has 1 heterocycles. The number of hydrogen-bond acceptors (Lipinski definition) is 3. The molecule has 1 aromatic heterocycles. The Hall–Kier alpha value is -1.34. The topological polar surface area (TPSA) is 48.7 Å². The third-order valence-electron chi connectivity index (χ3n) is 1.35. The second kappa shape index (κ2) is 4.63. The molecule has 13 heavy (non-hydrogen) atoms. The maximum absolute atomic E-state index is 8.51. The number of nitrogens with one attached hydrogen (secondary N) is 1. The molecule has 0 saturated heterocycles. The van der Waals surface area contributed by atoms with Gasteiger partial charge in [-0.2, -0.15) is 5.26 Å². The van der Waals surface area contributed by atoms with Crippen LogP contribution in [0.2, 0.25) is 0 Å². The highest BCUT2D eigenvalue weighted by atomic mass is 79.9. The predicted octanol–water partition coefficient (Wildman–Crippen LogP) is 2.27. The van der Waals surface area contributed by atoms with Gasteiger partial charge in [0.1, 0.15) is 11.9 Å². The van der Waals surface area contributed by atoms with Crippen molar-refractivity contribution in [1.29, 1.82) is 5.26 Å². The van der Waals surface area contributed by atoms with E-state index in [-0.39, 0.29) is 0 Å². The molecule has 4 heteroatoms. The zero-order valence-electron chi connectivity index (χ0n) is 6.92. The van der Waals surface area contributed by atoms with Crippen LogP contribution in [-0.4, -0.2) is 11.5 Å². The lowest BCUT2D eigenvalue weighted by Crippen LogP contribution is -2.02. The summed E-state index contributed by atoms with van der Waals surface area (Å²) in [7, 11) is 0. The Labute approximate surface area is 85.2 Å². The standard InChI is InChI=1S/C9H8BrN3/c1-7(10)5-12-9-3-2-8(4-11)6-13-9/h2-3,6H,1,5H2,(H,12,13). The summed E-state index contributed by atoms with van der Waals surface area (Å²) in [5.41, 5.74) is 0.559. The lowest BCUT2D eigenvalue weighted by atomic mass is 10.3. The quantitative estimate of drug-likeness (QED) is 0.878. The van der Waals surface area contributed by atoms with Gasteiger partial charge in [0.25, 0.3) is 0 Å². The Kier molecular flexibility index (Phi) is 3.47. The molecular formula is C9H8BrN3. The zero-order valence-corrected chi connectivity index (χ0v) is 8.50. The van der Waals surface area contributed by atoms with Gasteiger partial charge in [-0.1, -0.05) is 22.5 Å². The van der Waals surface area contributed by atoms with E-state index in [4.69, 9.17) is 5.26 Å². The van der Waals surface area contributed by atoms with Crippen LogP contribution in [0.4, 0.5) is 5.82 Å². The molecule has 0 aliphatic rings. The van der Waals surface area contributed by atoms with Gasteiger partial charge < -0.3 is 5.32 Å². The minimum absolute atomic E-state index is 0.559. The van der Waals surface area contributed by atoms with Crippen molar-refractivity contribution < 1.29 is 0 Å². The van der Waals surface area contributed by atoms with Gasteiger partial charge in [-0.25, -0.2) is 4.98 Å². The van der Waals surface area contributed by atoms with Crippen molar-refractivity contribution in [2.75, 3.05) is 11.9 Å². The lowest BCUT2D eigenvalue weighted by molar-refractivity contribution is 1.21. The SMILES string of the molecule is C=C(Br)CNc1ccc(C#N)cn1. The highest BCUT2D eigenvalue weighted by molar-refractivity contribution is 9.11. The van der Waals surface area contributed by atoms with Crippen molar-refractivity contribution in [3.05, 3.63) is 35.0 Å². The monoisotopic (exact) mass is 237 g/mol. The molecule has 0 unspecified atom stereocenters. The Balaban J connectivity index is 2.60. The van der Waals surface area contributed by atoms with E-state index in [1.54, 1.807) is 12.1 Å². The normalized spacial score (nSPS) is 8.92. The van der Waals surface area contributed by atoms with E-state index in [1.807, 2.05) is 6.07 Å². The first-order valence-electron chi connectivity index (χ1n) is 3.65. The van der Waals surface area contributed by atoms with Gasteiger partial charge in [-0.3, -0.25) is 0 Å². The first kappa shape index (κ1) is 9.75. The summed E-state index contributed by atoms with van der Waals surface area (Å²) in [6.07, 6.45) is 1.53. The van der Waals surface area contributed by atoms with E-state index in [0.29, 0.717) is 12.1 Å². The van der Waals surface area contributed by atoms with Gasteiger partial charge in [0.15, 0.2) is 0 Å². The Morgan fingerprint density at radius 1 is 1.69 bits per heavy atom. The second-order valence-electron chi connectivity index (χ2n) is 2.41. The first-order chi connectivity index (χ1) is 6.22. The van der Waals surface area contributed by atoms with Gasteiger partial charge in [-0.15, -0.1) is 0 Å². The predicted molar refractivity (Wildman–Crippen MR) is 55.5 cm³/mol. The minimum atomic E-state index is 0.559. The molecule has 0 aliphatic carbocycles. The van der Waals surface area contributed by atoms with E-state index in [0.717, 1.165) is 10.3 Å². The van der Waals surface area contributed by atoms with Crippen LogP contribution in [0.25, 0.3) is 0 Å². The molecule has 0 radical (unpaired) electrons. The fraction of sp³-hybridized carbons (Fsp3) is 0.111. The Morgan fingerprint density at radius 2 is 2.46 bits per heavy atom. The van der Waals surface area contributed by atoms with Gasteiger partial charge in [-0.05, 0) is 12.1 Å². The van der Waals surface area contributed by atoms with Crippen LogP contribution in [0.15, 0.2) is 29.4 Å². The number of rotatable bonds is 3. The summed E-state index contributed by atoms with van der Waals surface area (Å²) in [6.45, 7) is 4.30. The molecule has 66 valence electrons. The number of hydrogen-bond donors (Lipinski definition) is 1. The molecule has 0 amide bonds. The largest absolute Gasteiger partial charge is 0.365 e. The molecular weight excluding hydrogens is 230 g/mol. The maximum Gasteiger partial charge on any atom is 0.126 e. The summed E-state index contributed by atoms with van der Waals surface area (Å²) in [5, 5.41) is 11.5. The van der Waals surface area contributed by atoms with Crippen LogP contribution in [0.1, 0.15) is 5.56 Å². The van der Waals surface area contributed by atoms with Crippen molar-refractivity contribution in [1.82, 2.24) is 4.98 Å². The van der Waals surface area contributed by atoms with Gasteiger partial charge >= 0.3 is 0 Å². The third-order valence-corrected chi connectivity index (χ3v) is 1.63. The van der Waals surface area contributed by atoms with Crippen LogP contribution in [-0.2, 0) is 0 Å². The van der Waals surface area contributed by atoms with Crippen LogP contribution < -0.4 is 5.32 Å². The molecule has 1 rings (SSSR count). The summed E-state index contributed by atoms with van der Waals surface area (Å²) >= 11 is 3.22. The molecule has 0 spiro atoms. The number of anilines is 1. The van der Waals surface area contributed by atoms with Crippen molar-refractivity contribution in [3.8, 4) is 6.07 Å². The molecule has 0 bridgehead atoms. The van der Waals surface area contributed by atoms with Crippen molar-refractivity contribution in [2.24, 2.45) is 0 Å². The van der Waals surface area contributed by atoms with Gasteiger partial charge in [0, 0.05) is 17.2 Å². The maximum atomic E-state index is 8.51. The van der Waals surface area contributed by atoms with E-state index in [9.17, 15) is 0 Å². The average Bonchev–Trinajstić information content (AvgIpc) is 2.15. The van der Waals surface area contributed by atoms with Crippen molar-refractivity contribution in [2.45, 2.75) is 0 Å². The Morgan fingerprint density at radius 3 is 2.92 bits per heavy atom. The molecule has 0 aromatic carbocycles. The summed E-state index contributed by atoms with van der Waals surface area (Å²) in [4.78, 5) is 4.03. The van der Waals surface area contributed by atoms with Crippen molar-refractivity contribution in [3.63, 3.8) is 0 Å². The first-order valence-corrected chi connectivity index (χ1v) is 4.45. The molecule has 0 aliphatic heterocycles. The number of pyridine rings is 1. The molecule has 0 atom stereocenters. The van der Waals surface area contributed by atoms with Crippen LogP contribution in [0.5, 0.6) is 0 Å². The van der Waals surface area contributed by atoms with Crippen LogP contribution >= 0.6 is 15.9 Å². The Bertz CT molecular complexity index is 337. The number of halogens is 1. The highest BCUT2D eigenvalue weighted by Gasteiger charge is 1.94. The van der Waals surface area contributed by atoms with Crippen LogP contribution in [0, 0.1) is 11.3 Å². The average molecular weight is 238 g/mol. The summed E-state index contributed by atoms with van der Waals surface area (Å²) in [5.74, 6) is 0.736. The summed E-state index contributed by atoms with van der Waals surface area (Å²) < 4.78 is 0.860. The number of aromatic nitrogens is 1. The van der Waals surface area contributed by atoms with E-state index in [1.165, 1.54) is 6.20 Å². The molecule has 0 saturated carbocycles. The van der Waals surface area contributed by atoms with Gasteiger partial charge in [0.2, 0.25) is 0 Å². The van der Waals surface area contributed by atoms with E-state index >= 15 is 0 Å². The number of nitriles is 1. The molecule has 0 fully saturated rings. The molecule has 3 nitrogen and oxygen atoms in total. The number of nitrogens with zero attached hydrogens (tertiary/aromatic N) is 2. The smallest absolute Gasteiger partial charge is 0.126 e. The van der Waals surface area contributed by atoms with E-state index < -0.39 is 0 Å². The third kappa shape index (κ3) is 3.26.